The molecule has 4 rings (SSSR count). The van der Waals surface area contributed by atoms with Crippen LogP contribution >= 0.6 is 0 Å². The molecule has 0 saturated carbocycles. The van der Waals surface area contributed by atoms with Crippen molar-refractivity contribution in [1.29, 1.82) is 0 Å². The largest absolute Gasteiger partial charge is 0.449 e. The first-order valence-electron chi connectivity index (χ1n) is 9.60. The van der Waals surface area contributed by atoms with Crippen molar-refractivity contribution in [2.75, 3.05) is 10.2 Å². The molecule has 3 aromatic carbocycles. The number of anilines is 2. The lowest BCUT2D eigenvalue weighted by Gasteiger charge is -2.15. The van der Waals surface area contributed by atoms with Crippen molar-refractivity contribution >= 4 is 35.1 Å². The topological polar surface area (TPSA) is 92.8 Å². The van der Waals surface area contributed by atoms with E-state index >= 15 is 0 Å². The van der Waals surface area contributed by atoms with Gasteiger partial charge in [-0.05, 0) is 55.5 Å². The lowest BCUT2D eigenvalue weighted by atomic mass is 10.1. The van der Waals surface area contributed by atoms with Gasteiger partial charge in [0.15, 0.2) is 6.10 Å². The van der Waals surface area contributed by atoms with E-state index in [-0.39, 0.29) is 5.56 Å². The molecule has 1 N–H and O–H groups in total. The van der Waals surface area contributed by atoms with E-state index in [9.17, 15) is 19.2 Å². The lowest BCUT2D eigenvalue weighted by molar-refractivity contribution is -0.123. The highest BCUT2D eigenvalue weighted by Gasteiger charge is 2.36. The number of imide groups is 1. The zero-order valence-corrected chi connectivity index (χ0v) is 16.6. The molecule has 7 nitrogen and oxygen atoms in total. The molecule has 0 saturated heterocycles. The average Bonchev–Trinajstić information content (AvgIpc) is 3.05. The van der Waals surface area contributed by atoms with Gasteiger partial charge in [0.2, 0.25) is 0 Å². The fourth-order valence-corrected chi connectivity index (χ4v) is 3.22. The first-order chi connectivity index (χ1) is 15.0. The highest BCUT2D eigenvalue weighted by atomic mass is 16.5. The third-order valence-electron chi connectivity index (χ3n) is 4.85. The van der Waals surface area contributed by atoms with Crippen LogP contribution in [-0.2, 0) is 9.53 Å². The molecular weight excluding hydrogens is 396 g/mol. The zero-order valence-electron chi connectivity index (χ0n) is 16.6. The molecule has 31 heavy (non-hydrogen) atoms. The second-order valence-electron chi connectivity index (χ2n) is 6.94. The fourth-order valence-electron chi connectivity index (χ4n) is 3.22. The van der Waals surface area contributed by atoms with Crippen LogP contribution in [0.15, 0.2) is 78.9 Å². The second-order valence-corrected chi connectivity index (χ2v) is 6.94. The molecule has 1 aliphatic heterocycles. The Hall–Kier alpha value is -4.26. The number of hydrogen-bond donors (Lipinski definition) is 1. The van der Waals surface area contributed by atoms with Gasteiger partial charge in [-0.2, -0.15) is 0 Å². The minimum Gasteiger partial charge on any atom is -0.449 e. The maximum atomic E-state index is 12.6. The summed E-state index contributed by atoms with van der Waals surface area (Å²) in [6.45, 7) is 1.48. The van der Waals surface area contributed by atoms with Crippen molar-refractivity contribution in [3.05, 3.63) is 95.6 Å². The van der Waals surface area contributed by atoms with Crippen molar-refractivity contribution in [1.82, 2.24) is 0 Å². The van der Waals surface area contributed by atoms with Gasteiger partial charge in [-0.25, -0.2) is 9.69 Å². The van der Waals surface area contributed by atoms with Crippen molar-refractivity contribution in [3.8, 4) is 0 Å². The average molecular weight is 414 g/mol. The monoisotopic (exact) mass is 414 g/mol. The standard InChI is InChI=1S/C24H18N2O5/c1-15(21(27)25-17-7-3-2-4-8-17)31-24(30)16-11-13-18(14-12-16)26-22(28)19-9-5-6-10-20(19)23(26)29/h2-15H,1H3,(H,25,27). The molecule has 0 aromatic heterocycles. The van der Waals surface area contributed by atoms with E-state index in [1.807, 2.05) is 6.07 Å². The Morgan fingerprint density at radius 3 is 1.94 bits per heavy atom. The van der Waals surface area contributed by atoms with E-state index in [1.54, 1.807) is 48.5 Å². The van der Waals surface area contributed by atoms with Crippen LogP contribution in [-0.4, -0.2) is 29.8 Å². The van der Waals surface area contributed by atoms with Crippen molar-refractivity contribution in [3.63, 3.8) is 0 Å². The van der Waals surface area contributed by atoms with Crippen LogP contribution in [0.25, 0.3) is 0 Å². The summed E-state index contributed by atoms with van der Waals surface area (Å²) in [5, 5.41) is 2.67. The summed E-state index contributed by atoms with van der Waals surface area (Å²) >= 11 is 0. The third-order valence-corrected chi connectivity index (χ3v) is 4.85. The fraction of sp³-hybridized carbons (Fsp3) is 0.0833. The Bertz CT molecular complexity index is 1140. The summed E-state index contributed by atoms with van der Waals surface area (Å²) in [5.74, 6) is -1.98. The number of ether oxygens (including phenoxy) is 1. The molecule has 3 aromatic rings. The number of para-hydroxylation sites is 1. The van der Waals surface area contributed by atoms with Crippen LogP contribution in [0.4, 0.5) is 11.4 Å². The second kappa shape index (κ2) is 8.23. The molecule has 1 unspecified atom stereocenters. The lowest BCUT2D eigenvalue weighted by Crippen LogP contribution is -2.30. The van der Waals surface area contributed by atoms with Crippen LogP contribution in [0.3, 0.4) is 0 Å². The maximum Gasteiger partial charge on any atom is 0.338 e. The summed E-state index contributed by atoms with van der Waals surface area (Å²) in [7, 11) is 0. The van der Waals surface area contributed by atoms with Gasteiger partial charge < -0.3 is 10.1 Å². The zero-order chi connectivity index (χ0) is 22.0. The molecule has 1 aliphatic rings. The van der Waals surface area contributed by atoms with E-state index in [1.165, 1.54) is 31.2 Å². The summed E-state index contributed by atoms with van der Waals surface area (Å²) < 4.78 is 5.23. The normalized spacial score (nSPS) is 13.5. The Labute approximate surface area is 178 Å². The van der Waals surface area contributed by atoms with Gasteiger partial charge in [0.25, 0.3) is 17.7 Å². The highest BCUT2D eigenvalue weighted by molar-refractivity contribution is 6.34. The number of rotatable bonds is 5. The molecule has 3 amide bonds. The maximum absolute atomic E-state index is 12.6. The van der Waals surface area contributed by atoms with Gasteiger partial charge in [0, 0.05) is 5.69 Å². The number of nitrogens with one attached hydrogen (secondary N) is 1. The summed E-state index contributed by atoms with van der Waals surface area (Å²) in [4.78, 5) is 50.8. The van der Waals surface area contributed by atoms with E-state index in [2.05, 4.69) is 5.32 Å². The molecule has 0 fully saturated rings. The molecule has 0 bridgehead atoms. The van der Waals surface area contributed by atoms with Crippen LogP contribution in [0.1, 0.15) is 38.0 Å². The Morgan fingerprint density at radius 2 is 1.35 bits per heavy atom. The molecule has 7 heteroatoms. The number of hydrogen-bond acceptors (Lipinski definition) is 5. The smallest absolute Gasteiger partial charge is 0.338 e. The molecule has 1 heterocycles. The highest BCUT2D eigenvalue weighted by Crippen LogP contribution is 2.28. The van der Waals surface area contributed by atoms with Gasteiger partial charge in [0.1, 0.15) is 0 Å². The number of carbonyl (C=O) groups excluding carboxylic acids is 4. The first-order valence-corrected chi connectivity index (χ1v) is 9.60. The van der Waals surface area contributed by atoms with Gasteiger partial charge in [-0.3, -0.25) is 14.4 Å². The third kappa shape index (κ3) is 3.93. The van der Waals surface area contributed by atoms with Crippen molar-refractivity contribution < 1.29 is 23.9 Å². The van der Waals surface area contributed by atoms with Crippen molar-refractivity contribution in [2.24, 2.45) is 0 Å². The number of carbonyl (C=O) groups is 4. The molecule has 0 spiro atoms. The number of benzene rings is 3. The van der Waals surface area contributed by atoms with E-state index in [4.69, 9.17) is 4.74 Å². The van der Waals surface area contributed by atoms with E-state index in [0.717, 1.165) is 4.90 Å². The predicted molar refractivity (Wildman–Crippen MR) is 114 cm³/mol. The number of nitrogens with zero attached hydrogens (tertiary/aromatic N) is 1. The molecule has 0 radical (unpaired) electrons. The molecule has 0 aliphatic carbocycles. The van der Waals surface area contributed by atoms with Gasteiger partial charge in [-0.1, -0.05) is 30.3 Å². The summed E-state index contributed by atoms with van der Waals surface area (Å²) in [6, 6.07) is 21.3. The van der Waals surface area contributed by atoms with Crippen LogP contribution < -0.4 is 10.2 Å². The number of amides is 3. The van der Waals surface area contributed by atoms with Crippen LogP contribution in [0.5, 0.6) is 0 Å². The molecule has 154 valence electrons. The van der Waals surface area contributed by atoms with Crippen molar-refractivity contribution in [2.45, 2.75) is 13.0 Å². The van der Waals surface area contributed by atoms with Gasteiger partial charge in [-0.15, -0.1) is 0 Å². The van der Waals surface area contributed by atoms with E-state index in [0.29, 0.717) is 22.5 Å². The van der Waals surface area contributed by atoms with E-state index < -0.39 is 29.8 Å². The summed E-state index contributed by atoms with van der Waals surface area (Å²) in [6.07, 6.45) is -1.01. The Kier molecular flexibility index (Phi) is 5.32. The number of esters is 1. The summed E-state index contributed by atoms with van der Waals surface area (Å²) in [5.41, 5.74) is 1.82. The van der Waals surface area contributed by atoms with Crippen LogP contribution in [0.2, 0.25) is 0 Å². The number of fused-ring (bicyclic) bond motifs is 1. The van der Waals surface area contributed by atoms with Gasteiger partial charge >= 0.3 is 5.97 Å². The molecular formula is C24H18N2O5. The quantitative estimate of drug-likeness (QED) is 0.508. The Morgan fingerprint density at radius 1 is 0.806 bits per heavy atom. The van der Waals surface area contributed by atoms with Gasteiger partial charge in [0.05, 0.1) is 22.4 Å². The molecule has 1 atom stereocenters. The minimum atomic E-state index is -1.01. The SMILES string of the molecule is CC(OC(=O)c1ccc(N2C(=O)c3ccccc3C2=O)cc1)C(=O)Nc1ccccc1. The predicted octanol–water partition coefficient (Wildman–Crippen LogP) is 3.67. The minimum absolute atomic E-state index is 0.194. The Balaban J connectivity index is 1.42. The first kappa shape index (κ1) is 20.0. The van der Waals surface area contributed by atoms with Crippen LogP contribution in [0, 0.1) is 0 Å².